The Kier molecular flexibility index (Phi) is 5.71. The van der Waals surface area contributed by atoms with Gasteiger partial charge in [-0.15, -0.1) is 10.2 Å². The summed E-state index contributed by atoms with van der Waals surface area (Å²) in [5.74, 6) is 0.443. The van der Waals surface area contributed by atoms with Crippen LogP contribution in [0, 0.1) is 5.82 Å². The molecular weight excluding hydrogens is 375 g/mol. The second kappa shape index (κ2) is 8.23. The predicted molar refractivity (Wildman–Crippen MR) is 109 cm³/mol. The number of thioether (sulfide) groups is 1. The van der Waals surface area contributed by atoms with Crippen LogP contribution in [0.15, 0.2) is 29.4 Å². The number of nitrogens with zero attached hydrogens (tertiary/aromatic N) is 4. The highest BCUT2D eigenvalue weighted by Gasteiger charge is 2.34. The van der Waals surface area contributed by atoms with E-state index in [0.29, 0.717) is 28.6 Å². The Balaban J connectivity index is 1.56. The third-order valence-corrected chi connectivity index (χ3v) is 6.75. The van der Waals surface area contributed by atoms with E-state index < -0.39 is 0 Å². The highest BCUT2D eigenvalue weighted by molar-refractivity contribution is 8.00. The van der Waals surface area contributed by atoms with Crippen molar-refractivity contribution in [3.05, 3.63) is 30.1 Å². The van der Waals surface area contributed by atoms with Crippen molar-refractivity contribution in [2.75, 3.05) is 6.54 Å². The summed E-state index contributed by atoms with van der Waals surface area (Å²) in [6, 6.07) is 7.32. The molecule has 0 bridgehead atoms. The van der Waals surface area contributed by atoms with Gasteiger partial charge in [-0.3, -0.25) is 9.36 Å². The fraction of sp³-hybridized carbons (Fsp3) is 0.571. The molecule has 7 heteroatoms. The first-order valence-corrected chi connectivity index (χ1v) is 11.1. The molecule has 1 saturated heterocycles. The van der Waals surface area contributed by atoms with Crippen LogP contribution in [0.25, 0.3) is 11.4 Å². The number of hydrogen-bond donors (Lipinski definition) is 0. The first-order chi connectivity index (χ1) is 13.6. The maximum Gasteiger partial charge on any atom is 0.236 e. The lowest BCUT2D eigenvalue weighted by Gasteiger charge is -2.36. The minimum absolute atomic E-state index is 0.175. The number of hydrogen-bond acceptors (Lipinski definition) is 4. The summed E-state index contributed by atoms with van der Waals surface area (Å²) < 4.78 is 16.3. The Labute approximate surface area is 169 Å². The number of benzene rings is 1. The van der Waals surface area contributed by atoms with Gasteiger partial charge in [-0.2, -0.15) is 0 Å². The maximum atomic E-state index is 14.3. The first-order valence-electron chi connectivity index (χ1n) is 10.3. The number of amides is 1. The molecule has 1 aromatic carbocycles. The summed E-state index contributed by atoms with van der Waals surface area (Å²) in [5.41, 5.74) is 0.467. The Morgan fingerprint density at radius 1 is 1.25 bits per heavy atom. The van der Waals surface area contributed by atoms with Gasteiger partial charge in [-0.25, -0.2) is 4.39 Å². The van der Waals surface area contributed by atoms with E-state index >= 15 is 0 Å². The SMILES string of the molecule is CCC1CCCCN1C(=O)C(C)Sc1nnc(-c2ccccc2F)n1C1CC1. The predicted octanol–water partition coefficient (Wildman–Crippen LogP) is 4.69. The van der Waals surface area contributed by atoms with Crippen LogP contribution < -0.4 is 0 Å². The minimum atomic E-state index is -0.295. The third kappa shape index (κ3) is 3.81. The van der Waals surface area contributed by atoms with Crippen molar-refractivity contribution in [1.82, 2.24) is 19.7 Å². The molecule has 1 amide bonds. The number of likely N-dealkylation sites (tertiary alicyclic amines) is 1. The van der Waals surface area contributed by atoms with Crippen LogP contribution in [0.5, 0.6) is 0 Å². The molecule has 2 aromatic rings. The molecule has 2 heterocycles. The van der Waals surface area contributed by atoms with Gasteiger partial charge in [0, 0.05) is 18.6 Å². The van der Waals surface area contributed by atoms with Gasteiger partial charge in [0.15, 0.2) is 11.0 Å². The van der Waals surface area contributed by atoms with E-state index in [0.717, 1.165) is 38.6 Å². The molecule has 2 aliphatic rings. The van der Waals surface area contributed by atoms with E-state index in [1.165, 1.54) is 24.2 Å². The van der Waals surface area contributed by atoms with Crippen molar-refractivity contribution >= 4 is 17.7 Å². The third-order valence-electron chi connectivity index (χ3n) is 5.70. The normalized spacial score (nSPS) is 21.0. The zero-order valence-electron chi connectivity index (χ0n) is 16.5. The van der Waals surface area contributed by atoms with E-state index in [2.05, 4.69) is 22.0 Å². The van der Waals surface area contributed by atoms with E-state index in [1.807, 2.05) is 17.6 Å². The topological polar surface area (TPSA) is 51.0 Å². The Morgan fingerprint density at radius 2 is 2.04 bits per heavy atom. The number of rotatable bonds is 6. The zero-order chi connectivity index (χ0) is 19.7. The van der Waals surface area contributed by atoms with Gasteiger partial charge in [0.2, 0.25) is 5.91 Å². The van der Waals surface area contributed by atoms with E-state index in [1.54, 1.807) is 12.1 Å². The van der Waals surface area contributed by atoms with Crippen molar-refractivity contribution in [2.45, 2.75) is 74.9 Å². The summed E-state index contributed by atoms with van der Waals surface area (Å²) in [7, 11) is 0. The van der Waals surface area contributed by atoms with Crippen molar-refractivity contribution in [3.63, 3.8) is 0 Å². The summed E-state index contributed by atoms with van der Waals surface area (Å²) in [6.07, 6.45) is 6.45. The van der Waals surface area contributed by atoms with Crippen LogP contribution in [-0.4, -0.2) is 43.4 Å². The van der Waals surface area contributed by atoms with Crippen LogP contribution in [0.3, 0.4) is 0 Å². The van der Waals surface area contributed by atoms with Gasteiger partial charge in [0.05, 0.1) is 10.8 Å². The van der Waals surface area contributed by atoms with Crippen LogP contribution in [0.1, 0.15) is 58.4 Å². The molecule has 0 radical (unpaired) electrons. The van der Waals surface area contributed by atoms with Crippen molar-refractivity contribution in [1.29, 1.82) is 0 Å². The van der Waals surface area contributed by atoms with Gasteiger partial charge in [-0.05, 0) is 57.6 Å². The molecule has 5 nitrogen and oxygen atoms in total. The largest absolute Gasteiger partial charge is 0.339 e. The molecule has 2 fully saturated rings. The van der Waals surface area contributed by atoms with Crippen molar-refractivity contribution in [3.8, 4) is 11.4 Å². The molecule has 2 atom stereocenters. The summed E-state index contributed by atoms with van der Waals surface area (Å²) in [6.45, 7) is 4.94. The monoisotopic (exact) mass is 402 g/mol. The van der Waals surface area contributed by atoms with Gasteiger partial charge < -0.3 is 4.90 Å². The lowest BCUT2D eigenvalue weighted by molar-refractivity contribution is -0.134. The minimum Gasteiger partial charge on any atom is -0.339 e. The average Bonchev–Trinajstić information content (AvgIpc) is 3.48. The molecule has 0 N–H and O–H groups in total. The highest BCUT2D eigenvalue weighted by atomic mass is 32.2. The van der Waals surface area contributed by atoms with Crippen molar-refractivity contribution in [2.24, 2.45) is 0 Å². The molecule has 1 aromatic heterocycles. The second-order valence-corrected chi connectivity index (χ2v) is 9.04. The lowest BCUT2D eigenvalue weighted by atomic mass is 10.00. The molecule has 2 unspecified atom stereocenters. The lowest BCUT2D eigenvalue weighted by Crippen LogP contribution is -2.46. The van der Waals surface area contributed by atoms with Crippen LogP contribution in [0.2, 0.25) is 0 Å². The maximum absolute atomic E-state index is 14.3. The molecule has 0 spiro atoms. The van der Waals surface area contributed by atoms with Gasteiger partial charge >= 0.3 is 0 Å². The Bertz CT molecular complexity index is 851. The van der Waals surface area contributed by atoms with E-state index in [9.17, 15) is 9.18 Å². The summed E-state index contributed by atoms with van der Waals surface area (Å²) in [5, 5.41) is 9.11. The molecule has 1 aliphatic carbocycles. The molecular formula is C21H27FN4OS. The first kappa shape index (κ1) is 19.4. The smallest absolute Gasteiger partial charge is 0.236 e. The number of aromatic nitrogens is 3. The standard InChI is InChI=1S/C21H27FN4OS/c1-3-15-8-6-7-13-25(15)20(27)14(2)28-21-24-23-19(26(21)16-11-12-16)17-9-4-5-10-18(17)22/h4-5,9-10,14-16H,3,6-8,11-13H2,1-2H3. The summed E-state index contributed by atoms with van der Waals surface area (Å²) >= 11 is 1.45. The average molecular weight is 403 g/mol. The highest BCUT2D eigenvalue weighted by Crippen LogP contribution is 2.42. The van der Waals surface area contributed by atoms with Crippen molar-refractivity contribution < 1.29 is 9.18 Å². The summed E-state index contributed by atoms with van der Waals surface area (Å²) in [4.78, 5) is 15.1. The number of carbonyl (C=O) groups is 1. The van der Waals surface area contributed by atoms with Crippen LogP contribution in [-0.2, 0) is 4.79 Å². The van der Waals surface area contributed by atoms with Gasteiger partial charge in [0.25, 0.3) is 0 Å². The molecule has 28 heavy (non-hydrogen) atoms. The molecule has 1 aliphatic heterocycles. The Hall–Kier alpha value is -1.89. The van der Waals surface area contributed by atoms with Crippen LogP contribution >= 0.6 is 11.8 Å². The van der Waals surface area contributed by atoms with Gasteiger partial charge in [-0.1, -0.05) is 30.8 Å². The van der Waals surface area contributed by atoms with E-state index in [4.69, 9.17) is 0 Å². The zero-order valence-corrected chi connectivity index (χ0v) is 17.3. The quantitative estimate of drug-likeness (QED) is 0.658. The molecule has 150 valence electrons. The number of carbonyl (C=O) groups excluding carboxylic acids is 1. The molecule has 1 saturated carbocycles. The number of halogens is 1. The fourth-order valence-corrected chi connectivity index (χ4v) is 4.99. The Morgan fingerprint density at radius 3 is 2.75 bits per heavy atom. The fourth-order valence-electron chi connectivity index (χ4n) is 4.00. The van der Waals surface area contributed by atoms with Crippen LogP contribution in [0.4, 0.5) is 4.39 Å². The number of piperidine rings is 1. The van der Waals surface area contributed by atoms with E-state index in [-0.39, 0.29) is 17.0 Å². The van der Waals surface area contributed by atoms with Gasteiger partial charge in [0.1, 0.15) is 5.82 Å². The molecule has 4 rings (SSSR count). The second-order valence-electron chi connectivity index (χ2n) is 7.74.